The molecule has 0 radical (unpaired) electrons. The molecule has 1 aliphatic heterocycles. The first-order chi connectivity index (χ1) is 6.15. The first-order valence-corrected chi connectivity index (χ1v) is 5.05. The van der Waals surface area contributed by atoms with Crippen molar-refractivity contribution in [2.45, 2.75) is 19.8 Å². The average Bonchev–Trinajstić information content (AvgIpc) is 2.17. The van der Waals surface area contributed by atoms with Crippen molar-refractivity contribution in [3.8, 4) is 0 Å². The highest BCUT2D eigenvalue weighted by molar-refractivity contribution is 5.78. The fraction of sp³-hybridized carbons (Fsp3) is 0.900. The maximum absolute atomic E-state index is 11.4. The molecule has 1 rings (SSSR count). The maximum atomic E-state index is 11.4. The topological polar surface area (TPSA) is 32.3 Å². The number of carbonyl (C=O) groups excluding carboxylic acids is 1. The van der Waals surface area contributed by atoms with Crippen molar-refractivity contribution in [3.05, 3.63) is 0 Å². The molecule has 1 atom stereocenters. The van der Waals surface area contributed by atoms with E-state index >= 15 is 0 Å². The van der Waals surface area contributed by atoms with Crippen LogP contribution in [-0.2, 0) is 4.79 Å². The SMILES string of the molecule is CNC(=O)C(C)C1CCN(C)CC1. The van der Waals surface area contributed by atoms with Crippen LogP contribution in [0.1, 0.15) is 19.8 Å². The van der Waals surface area contributed by atoms with Gasteiger partial charge in [0.15, 0.2) is 0 Å². The number of hydrogen-bond acceptors (Lipinski definition) is 2. The third-order valence-corrected chi connectivity index (χ3v) is 3.13. The van der Waals surface area contributed by atoms with Gasteiger partial charge in [0.05, 0.1) is 0 Å². The van der Waals surface area contributed by atoms with Gasteiger partial charge in [0.25, 0.3) is 0 Å². The minimum atomic E-state index is 0.179. The van der Waals surface area contributed by atoms with E-state index in [-0.39, 0.29) is 11.8 Å². The van der Waals surface area contributed by atoms with Crippen LogP contribution in [-0.4, -0.2) is 38.0 Å². The van der Waals surface area contributed by atoms with Crippen LogP contribution in [0.3, 0.4) is 0 Å². The van der Waals surface area contributed by atoms with Crippen molar-refractivity contribution in [2.24, 2.45) is 11.8 Å². The van der Waals surface area contributed by atoms with E-state index in [4.69, 9.17) is 0 Å². The second-order valence-electron chi connectivity index (χ2n) is 4.04. The van der Waals surface area contributed by atoms with Crippen molar-refractivity contribution in [2.75, 3.05) is 27.2 Å². The number of amides is 1. The Bertz CT molecular complexity index is 174. The highest BCUT2D eigenvalue weighted by Crippen LogP contribution is 2.24. The molecule has 3 nitrogen and oxygen atoms in total. The first kappa shape index (κ1) is 10.5. The molecule has 0 aromatic rings. The van der Waals surface area contributed by atoms with Gasteiger partial charge in [-0.1, -0.05) is 6.92 Å². The molecule has 0 aliphatic carbocycles. The van der Waals surface area contributed by atoms with Gasteiger partial charge in [-0.2, -0.15) is 0 Å². The molecule has 13 heavy (non-hydrogen) atoms. The molecule has 1 heterocycles. The Balaban J connectivity index is 2.39. The summed E-state index contributed by atoms with van der Waals surface area (Å²) in [5.41, 5.74) is 0. The van der Waals surface area contributed by atoms with Gasteiger partial charge in [-0.25, -0.2) is 0 Å². The molecule has 0 aromatic carbocycles. The summed E-state index contributed by atoms with van der Waals surface area (Å²) in [5, 5.41) is 2.72. The Labute approximate surface area is 80.5 Å². The number of hydrogen-bond donors (Lipinski definition) is 1. The molecule has 3 heteroatoms. The van der Waals surface area contributed by atoms with Crippen LogP contribution in [0.2, 0.25) is 0 Å². The van der Waals surface area contributed by atoms with Crippen LogP contribution in [0.5, 0.6) is 0 Å². The largest absolute Gasteiger partial charge is 0.359 e. The Morgan fingerprint density at radius 1 is 1.46 bits per heavy atom. The van der Waals surface area contributed by atoms with Crippen LogP contribution in [0.25, 0.3) is 0 Å². The molecule has 76 valence electrons. The maximum Gasteiger partial charge on any atom is 0.222 e. The number of nitrogens with zero attached hydrogens (tertiary/aromatic N) is 1. The number of nitrogens with one attached hydrogen (secondary N) is 1. The Hall–Kier alpha value is -0.570. The summed E-state index contributed by atoms with van der Waals surface area (Å²) in [7, 11) is 3.86. The molecule has 0 bridgehead atoms. The van der Waals surface area contributed by atoms with Crippen LogP contribution in [0.4, 0.5) is 0 Å². The van der Waals surface area contributed by atoms with Gasteiger partial charge >= 0.3 is 0 Å². The third kappa shape index (κ3) is 2.69. The third-order valence-electron chi connectivity index (χ3n) is 3.13. The van der Waals surface area contributed by atoms with Crippen molar-refractivity contribution >= 4 is 5.91 Å². The number of carbonyl (C=O) groups is 1. The van der Waals surface area contributed by atoms with E-state index in [1.165, 1.54) is 0 Å². The summed E-state index contributed by atoms with van der Waals surface area (Å²) in [6.07, 6.45) is 2.32. The average molecular weight is 184 g/mol. The summed E-state index contributed by atoms with van der Waals surface area (Å²) in [6, 6.07) is 0. The molecule has 1 saturated heterocycles. The lowest BCUT2D eigenvalue weighted by Crippen LogP contribution is -2.37. The summed E-state index contributed by atoms with van der Waals surface area (Å²) in [4.78, 5) is 13.7. The number of rotatable bonds is 2. The molecule has 1 fully saturated rings. The summed E-state index contributed by atoms with van der Waals surface area (Å²) < 4.78 is 0. The Kier molecular flexibility index (Phi) is 3.72. The normalized spacial score (nSPS) is 22.7. The van der Waals surface area contributed by atoms with E-state index in [1.54, 1.807) is 7.05 Å². The van der Waals surface area contributed by atoms with E-state index in [9.17, 15) is 4.79 Å². The van der Waals surface area contributed by atoms with Gasteiger partial charge in [-0.3, -0.25) is 4.79 Å². The Morgan fingerprint density at radius 2 is 2.00 bits per heavy atom. The van der Waals surface area contributed by atoms with E-state index < -0.39 is 0 Å². The van der Waals surface area contributed by atoms with Crippen LogP contribution in [0, 0.1) is 11.8 Å². The van der Waals surface area contributed by atoms with Crippen LogP contribution in [0.15, 0.2) is 0 Å². The van der Waals surface area contributed by atoms with Crippen molar-refractivity contribution in [3.63, 3.8) is 0 Å². The van der Waals surface area contributed by atoms with Crippen molar-refractivity contribution < 1.29 is 4.79 Å². The molecular weight excluding hydrogens is 164 g/mol. The lowest BCUT2D eigenvalue weighted by Gasteiger charge is -2.31. The highest BCUT2D eigenvalue weighted by atomic mass is 16.1. The summed E-state index contributed by atoms with van der Waals surface area (Å²) in [6.45, 7) is 4.30. The quantitative estimate of drug-likeness (QED) is 0.685. The second-order valence-corrected chi connectivity index (χ2v) is 4.04. The molecule has 0 aromatic heterocycles. The second kappa shape index (κ2) is 4.61. The Morgan fingerprint density at radius 3 is 2.46 bits per heavy atom. The predicted octanol–water partition coefficient (Wildman–Crippen LogP) is 0.710. The summed E-state index contributed by atoms with van der Waals surface area (Å²) >= 11 is 0. The minimum Gasteiger partial charge on any atom is -0.359 e. The zero-order valence-electron chi connectivity index (χ0n) is 8.84. The van der Waals surface area contributed by atoms with E-state index in [1.807, 2.05) is 6.92 Å². The zero-order valence-corrected chi connectivity index (χ0v) is 8.84. The lowest BCUT2D eigenvalue weighted by atomic mass is 9.85. The molecule has 1 aliphatic rings. The van der Waals surface area contributed by atoms with Gasteiger partial charge in [-0.05, 0) is 38.9 Å². The molecule has 0 saturated carbocycles. The molecule has 1 amide bonds. The van der Waals surface area contributed by atoms with E-state index in [0.29, 0.717) is 5.92 Å². The molecule has 1 N–H and O–H groups in total. The zero-order chi connectivity index (χ0) is 9.84. The number of piperidine rings is 1. The fourth-order valence-corrected chi connectivity index (χ4v) is 1.97. The predicted molar refractivity (Wildman–Crippen MR) is 53.5 cm³/mol. The van der Waals surface area contributed by atoms with E-state index in [2.05, 4.69) is 17.3 Å². The smallest absolute Gasteiger partial charge is 0.222 e. The standard InChI is InChI=1S/C10H20N2O/c1-8(10(13)11-2)9-4-6-12(3)7-5-9/h8-9H,4-7H2,1-3H3,(H,11,13). The summed E-state index contributed by atoms with van der Waals surface area (Å²) in [5.74, 6) is 0.949. The number of likely N-dealkylation sites (tertiary alicyclic amines) is 1. The van der Waals surface area contributed by atoms with Gasteiger partial charge in [0.2, 0.25) is 5.91 Å². The minimum absolute atomic E-state index is 0.179. The van der Waals surface area contributed by atoms with Gasteiger partial charge < -0.3 is 10.2 Å². The molecule has 0 spiro atoms. The van der Waals surface area contributed by atoms with Gasteiger partial charge in [0.1, 0.15) is 0 Å². The monoisotopic (exact) mass is 184 g/mol. The fourth-order valence-electron chi connectivity index (χ4n) is 1.97. The lowest BCUT2D eigenvalue weighted by molar-refractivity contribution is -0.126. The first-order valence-electron chi connectivity index (χ1n) is 5.05. The molecule has 1 unspecified atom stereocenters. The van der Waals surface area contributed by atoms with Crippen molar-refractivity contribution in [1.29, 1.82) is 0 Å². The highest BCUT2D eigenvalue weighted by Gasteiger charge is 2.26. The van der Waals surface area contributed by atoms with E-state index in [0.717, 1.165) is 25.9 Å². The molecular formula is C10H20N2O. The van der Waals surface area contributed by atoms with Crippen molar-refractivity contribution in [1.82, 2.24) is 10.2 Å². The van der Waals surface area contributed by atoms with Crippen LogP contribution < -0.4 is 5.32 Å². The van der Waals surface area contributed by atoms with Crippen LogP contribution >= 0.6 is 0 Å². The van der Waals surface area contributed by atoms with Gasteiger partial charge in [-0.15, -0.1) is 0 Å². The van der Waals surface area contributed by atoms with Gasteiger partial charge in [0, 0.05) is 13.0 Å².